The van der Waals surface area contributed by atoms with E-state index < -0.39 is 0 Å². The first kappa shape index (κ1) is 12.3. The Morgan fingerprint density at radius 1 is 1.15 bits per heavy atom. The number of rotatable bonds is 4. The Morgan fingerprint density at radius 2 is 2.00 bits per heavy atom. The highest BCUT2D eigenvalue weighted by Gasteiger charge is 2.03. The maximum atomic E-state index is 4.01. The molecule has 0 aliphatic heterocycles. The largest absolute Gasteiger partial charge is 0.381 e. The summed E-state index contributed by atoms with van der Waals surface area (Å²) in [4.78, 5) is 4.01. The zero-order chi connectivity index (χ0) is 13.8. The molecule has 0 fully saturated rings. The second-order valence-electron chi connectivity index (χ2n) is 4.46. The topological polar surface area (TPSA) is 68.5 Å². The van der Waals surface area contributed by atoms with Crippen LogP contribution in [-0.2, 0) is 6.54 Å². The van der Waals surface area contributed by atoms with Crippen molar-refractivity contribution in [3.63, 3.8) is 0 Å². The van der Waals surface area contributed by atoms with Crippen molar-refractivity contribution < 1.29 is 0 Å². The van der Waals surface area contributed by atoms with Crippen LogP contribution in [0.3, 0.4) is 0 Å². The van der Waals surface area contributed by atoms with E-state index in [1.54, 1.807) is 23.4 Å². The summed E-state index contributed by atoms with van der Waals surface area (Å²) in [7, 11) is 0. The van der Waals surface area contributed by atoms with Crippen molar-refractivity contribution in [3.05, 3.63) is 60.2 Å². The van der Waals surface area contributed by atoms with E-state index in [0.717, 1.165) is 17.9 Å². The second kappa shape index (κ2) is 5.48. The van der Waals surface area contributed by atoms with Gasteiger partial charge >= 0.3 is 0 Å². The van der Waals surface area contributed by atoms with Gasteiger partial charge in [-0.05, 0) is 52.7 Å². The molecular weight excluding hydrogens is 252 g/mol. The first-order chi connectivity index (χ1) is 9.83. The quantitative estimate of drug-likeness (QED) is 0.782. The van der Waals surface area contributed by atoms with Crippen LogP contribution in [0.5, 0.6) is 0 Å². The van der Waals surface area contributed by atoms with E-state index in [2.05, 4.69) is 32.7 Å². The van der Waals surface area contributed by atoms with Crippen LogP contribution >= 0.6 is 0 Å². The maximum absolute atomic E-state index is 4.01. The summed E-state index contributed by atoms with van der Waals surface area (Å²) >= 11 is 0. The van der Waals surface area contributed by atoms with Gasteiger partial charge in [0.15, 0.2) is 0 Å². The number of hydrogen-bond donors (Lipinski definition) is 1. The van der Waals surface area contributed by atoms with Gasteiger partial charge in [0, 0.05) is 24.6 Å². The van der Waals surface area contributed by atoms with Gasteiger partial charge in [0.05, 0.1) is 5.69 Å². The molecule has 0 unspecified atom stereocenters. The van der Waals surface area contributed by atoms with E-state index in [4.69, 9.17) is 0 Å². The molecule has 0 atom stereocenters. The average molecular weight is 266 g/mol. The number of nitrogens with zero attached hydrogens (tertiary/aromatic N) is 5. The predicted molar refractivity (Wildman–Crippen MR) is 75.5 cm³/mol. The fourth-order valence-electron chi connectivity index (χ4n) is 1.92. The number of aromatic nitrogens is 5. The Kier molecular flexibility index (Phi) is 3.36. The molecule has 0 bridgehead atoms. The van der Waals surface area contributed by atoms with Gasteiger partial charge in [-0.3, -0.25) is 4.98 Å². The van der Waals surface area contributed by atoms with Crippen molar-refractivity contribution in [3.8, 4) is 5.69 Å². The Hall–Kier alpha value is -2.76. The van der Waals surface area contributed by atoms with Gasteiger partial charge in [0.1, 0.15) is 6.33 Å². The number of tetrazole rings is 1. The van der Waals surface area contributed by atoms with Crippen molar-refractivity contribution in [2.45, 2.75) is 13.5 Å². The lowest BCUT2D eigenvalue weighted by Gasteiger charge is -2.11. The van der Waals surface area contributed by atoms with Crippen molar-refractivity contribution in [1.82, 2.24) is 25.2 Å². The lowest BCUT2D eigenvalue weighted by molar-refractivity contribution is 0.789. The van der Waals surface area contributed by atoms with Gasteiger partial charge < -0.3 is 5.32 Å². The molecule has 0 aliphatic rings. The summed E-state index contributed by atoms with van der Waals surface area (Å²) in [5, 5.41) is 14.6. The normalized spacial score (nSPS) is 10.4. The minimum atomic E-state index is 0.752. The molecule has 20 heavy (non-hydrogen) atoms. The highest BCUT2D eigenvalue weighted by atomic mass is 15.5. The van der Waals surface area contributed by atoms with Gasteiger partial charge in [-0.1, -0.05) is 6.07 Å². The molecule has 2 heterocycles. The molecule has 2 aromatic heterocycles. The minimum absolute atomic E-state index is 0.752. The maximum Gasteiger partial charge on any atom is 0.143 e. The van der Waals surface area contributed by atoms with Crippen LogP contribution in [0.25, 0.3) is 5.69 Å². The Balaban J connectivity index is 1.80. The Morgan fingerprint density at radius 3 is 2.75 bits per heavy atom. The van der Waals surface area contributed by atoms with Crippen LogP contribution in [0.2, 0.25) is 0 Å². The molecule has 0 radical (unpaired) electrons. The number of anilines is 1. The monoisotopic (exact) mass is 266 g/mol. The molecular formula is C14H14N6. The van der Waals surface area contributed by atoms with Gasteiger partial charge in [-0.15, -0.1) is 5.10 Å². The van der Waals surface area contributed by atoms with Crippen molar-refractivity contribution in [2.24, 2.45) is 0 Å². The summed E-state index contributed by atoms with van der Waals surface area (Å²) in [6.07, 6.45) is 5.17. The van der Waals surface area contributed by atoms with Gasteiger partial charge in [0.2, 0.25) is 0 Å². The number of aryl methyl sites for hydroxylation is 1. The summed E-state index contributed by atoms with van der Waals surface area (Å²) in [5.41, 5.74) is 4.36. The third kappa shape index (κ3) is 2.64. The summed E-state index contributed by atoms with van der Waals surface area (Å²) in [6, 6.07) is 10.1. The lowest BCUT2D eigenvalue weighted by atomic mass is 10.1. The SMILES string of the molecule is Cc1ccc(-n2cnnn2)cc1NCc1ccncc1. The fourth-order valence-corrected chi connectivity index (χ4v) is 1.92. The summed E-state index contributed by atoms with van der Waals surface area (Å²) in [5.74, 6) is 0. The van der Waals surface area contributed by atoms with Crippen LogP contribution in [0.1, 0.15) is 11.1 Å². The number of nitrogens with one attached hydrogen (secondary N) is 1. The zero-order valence-electron chi connectivity index (χ0n) is 11.1. The van der Waals surface area contributed by atoms with Gasteiger partial charge in [0.25, 0.3) is 0 Å². The first-order valence-corrected chi connectivity index (χ1v) is 6.30. The molecule has 0 amide bonds. The minimum Gasteiger partial charge on any atom is -0.381 e. The summed E-state index contributed by atoms with van der Waals surface area (Å²) < 4.78 is 1.64. The molecule has 6 heteroatoms. The van der Waals surface area contributed by atoms with E-state index in [1.165, 1.54) is 11.1 Å². The van der Waals surface area contributed by atoms with E-state index in [1.807, 2.05) is 30.3 Å². The van der Waals surface area contributed by atoms with Crippen LogP contribution < -0.4 is 5.32 Å². The zero-order valence-corrected chi connectivity index (χ0v) is 11.1. The Bertz CT molecular complexity index is 678. The molecule has 1 N–H and O–H groups in total. The second-order valence-corrected chi connectivity index (χ2v) is 4.46. The highest BCUT2D eigenvalue weighted by Crippen LogP contribution is 2.19. The molecule has 100 valence electrons. The molecule has 6 nitrogen and oxygen atoms in total. The van der Waals surface area contributed by atoms with Crippen molar-refractivity contribution >= 4 is 5.69 Å². The molecule has 0 saturated carbocycles. The van der Waals surface area contributed by atoms with E-state index >= 15 is 0 Å². The molecule has 3 rings (SSSR count). The number of hydrogen-bond acceptors (Lipinski definition) is 5. The third-order valence-corrected chi connectivity index (χ3v) is 3.07. The number of benzene rings is 1. The van der Waals surface area contributed by atoms with E-state index in [0.29, 0.717) is 0 Å². The lowest BCUT2D eigenvalue weighted by Crippen LogP contribution is -2.03. The van der Waals surface area contributed by atoms with Crippen LogP contribution in [0, 0.1) is 6.92 Å². The van der Waals surface area contributed by atoms with Crippen LogP contribution in [0.15, 0.2) is 49.1 Å². The average Bonchev–Trinajstić information content (AvgIpc) is 3.02. The Labute approximate surface area is 116 Å². The van der Waals surface area contributed by atoms with Crippen molar-refractivity contribution in [2.75, 3.05) is 5.32 Å². The molecule has 0 spiro atoms. The van der Waals surface area contributed by atoms with Gasteiger partial charge in [-0.2, -0.15) is 0 Å². The summed E-state index contributed by atoms with van der Waals surface area (Å²) in [6.45, 7) is 2.82. The van der Waals surface area contributed by atoms with Crippen LogP contribution in [-0.4, -0.2) is 25.2 Å². The highest BCUT2D eigenvalue weighted by molar-refractivity contribution is 5.56. The van der Waals surface area contributed by atoms with E-state index in [9.17, 15) is 0 Å². The molecule has 1 aromatic carbocycles. The number of pyridine rings is 1. The smallest absolute Gasteiger partial charge is 0.143 e. The fraction of sp³-hybridized carbons (Fsp3) is 0.143. The molecule has 0 saturated heterocycles. The predicted octanol–water partition coefficient (Wildman–Crippen LogP) is 1.98. The van der Waals surface area contributed by atoms with E-state index in [-0.39, 0.29) is 0 Å². The molecule has 0 aliphatic carbocycles. The first-order valence-electron chi connectivity index (χ1n) is 6.30. The van der Waals surface area contributed by atoms with Crippen LogP contribution in [0.4, 0.5) is 5.69 Å². The molecule has 3 aromatic rings. The van der Waals surface area contributed by atoms with Gasteiger partial charge in [-0.25, -0.2) is 4.68 Å². The standard InChI is InChI=1S/C14H14N6/c1-11-2-3-13(20-10-17-18-19-20)8-14(11)16-9-12-4-6-15-7-5-12/h2-8,10,16H,9H2,1H3. The third-order valence-electron chi connectivity index (χ3n) is 3.07. The van der Waals surface area contributed by atoms with Crippen molar-refractivity contribution in [1.29, 1.82) is 0 Å².